The topological polar surface area (TPSA) is 132 Å². The second-order valence-electron chi connectivity index (χ2n) is 6.78. The zero-order valence-electron chi connectivity index (χ0n) is 18.3. The van der Waals surface area contributed by atoms with Crippen molar-refractivity contribution < 1.29 is 23.9 Å². The number of aryl methyl sites for hydroxylation is 1. The molecule has 1 N–H and O–H groups in total. The normalized spacial score (nSPS) is 10.6. The lowest BCUT2D eigenvalue weighted by Crippen LogP contribution is -2.37. The van der Waals surface area contributed by atoms with Crippen LogP contribution in [0.5, 0.6) is 0 Å². The summed E-state index contributed by atoms with van der Waals surface area (Å²) in [7, 11) is 1.22. The number of fused-ring (bicyclic) bond motifs is 1. The van der Waals surface area contributed by atoms with Crippen LogP contribution in [-0.2, 0) is 19.1 Å². The van der Waals surface area contributed by atoms with Crippen molar-refractivity contribution in [3.05, 3.63) is 58.0 Å². The van der Waals surface area contributed by atoms with Crippen LogP contribution >= 0.6 is 11.8 Å². The Morgan fingerprint density at radius 2 is 1.88 bits per heavy atom. The van der Waals surface area contributed by atoms with Gasteiger partial charge in [0.2, 0.25) is 5.91 Å². The Morgan fingerprint density at radius 1 is 1.15 bits per heavy atom. The van der Waals surface area contributed by atoms with Gasteiger partial charge in [-0.1, -0.05) is 30.0 Å². The second-order valence-corrected chi connectivity index (χ2v) is 7.75. The van der Waals surface area contributed by atoms with Gasteiger partial charge in [-0.2, -0.15) is 0 Å². The highest BCUT2D eigenvalue weighted by Gasteiger charge is 2.22. The quantitative estimate of drug-likeness (QED) is 0.299. The van der Waals surface area contributed by atoms with Crippen LogP contribution < -0.4 is 10.5 Å². The fourth-order valence-corrected chi connectivity index (χ4v) is 3.79. The van der Waals surface area contributed by atoms with Gasteiger partial charge in [0.15, 0.2) is 10.8 Å². The molecule has 0 saturated carbocycles. The van der Waals surface area contributed by atoms with Crippen LogP contribution in [-0.4, -0.2) is 58.8 Å². The zero-order chi connectivity index (χ0) is 24.0. The number of pyridine rings is 1. The molecule has 0 fully saturated rings. The molecule has 10 nitrogen and oxygen atoms in total. The molecule has 172 valence electrons. The van der Waals surface area contributed by atoms with Gasteiger partial charge in [-0.25, -0.2) is 14.8 Å². The van der Waals surface area contributed by atoms with Crippen molar-refractivity contribution in [3.8, 4) is 0 Å². The Labute approximate surface area is 193 Å². The van der Waals surface area contributed by atoms with Crippen LogP contribution in [0.4, 0.5) is 5.69 Å². The van der Waals surface area contributed by atoms with Crippen molar-refractivity contribution >= 4 is 46.3 Å². The number of rotatable bonds is 8. The number of benzene rings is 1. The standard InChI is InChI=1S/C22H22N4O6S/c1-4-32-17(28)11-26(14-8-6-5-7-9-14)16(27)12-33-22-24-19-18(20(29)25-22)15(21(30)31-3)10-13(2)23-19/h5-10H,4,11-12H2,1-3H3,(H,23,24,25,29). The van der Waals surface area contributed by atoms with E-state index in [0.29, 0.717) is 11.4 Å². The number of aromatic nitrogens is 3. The van der Waals surface area contributed by atoms with Gasteiger partial charge in [0, 0.05) is 11.4 Å². The first kappa shape index (κ1) is 23.9. The summed E-state index contributed by atoms with van der Waals surface area (Å²) in [4.78, 5) is 62.1. The van der Waals surface area contributed by atoms with Gasteiger partial charge in [0.25, 0.3) is 5.56 Å². The Bertz CT molecular complexity index is 1240. The van der Waals surface area contributed by atoms with Crippen LogP contribution in [0.3, 0.4) is 0 Å². The minimum absolute atomic E-state index is 0.0105. The van der Waals surface area contributed by atoms with E-state index in [1.54, 1.807) is 44.2 Å². The monoisotopic (exact) mass is 470 g/mol. The molecule has 1 amide bonds. The van der Waals surface area contributed by atoms with Crippen molar-refractivity contribution in [2.45, 2.75) is 19.0 Å². The number of nitrogens with zero attached hydrogens (tertiary/aromatic N) is 3. The summed E-state index contributed by atoms with van der Waals surface area (Å²) < 4.78 is 9.72. The fourth-order valence-electron chi connectivity index (χ4n) is 3.06. The number of H-pyrrole nitrogens is 1. The third-order valence-electron chi connectivity index (χ3n) is 4.48. The summed E-state index contributed by atoms with van der Waals surface area (Å²) in [5.74, 6) is -1.70. The molecular formula is C22H22N4O6S. The number of carbonyl (C=O) groups excluding carboxylic acids is 3. The number of para-hydroxylation sites is 1. The molecular weight excluding hydrogens is 448 g/mol. The summed E-state index contributed by atoms with van der Waals surface area (Å²) in [5.41, 5.74) is 0.578. The third kappa shape index (κ3) is 5.75. The average molecular weight is 471 g/mol. The van der Waals surface area contributed by atoms with Crippen LogP contribution in [0.15, 0.2) is 46.3 Å². The molecule has 0 radical (unpaired) electrons. The first-order valence-corrected chi connectivity index (χ1v) is 11.0. The maximum Gasteiger partial charge on any atom is 0.338 e. The van der Waals surface area contributed by atoms with Crippen LogP contribution in [0, 0.1) is 6.92 Å². The molecule has 3 rings (SSSR count). The highest BCUT2D eigenvalue weighted by Crippen LogP contribution is 2.20. The maximum absolute atomic E-state index is 12.9. The Morgan fingerprint density at radius 3 is 2.55 bits per heavy atom. The van der Waals surface area contributed by atoms with Gasteiger partial charge in [-0.15, -0.1) is 0 Å². The number of hydrogen-bond donors (Lipinski definition) is 1. The van der Waals surface area contributed by atoms with E-state index < -0.39 is 17.5 Å². The van der Waals surface area contributed by atoms with E-state index in [9.17, 15) is 19.2 Å². The van der Waals surface area contributed by atoms with E-state index >= 15 is 0 Å². The van der Waals surface area contributed by atoms with E-state index in [2.05, 4.69) is 15.0 Å². The molecule has 11 heteroatoms. The molecule has 3 aromatic rings. The van der Waals surface area contributed by atoms with Gasteiger partial charge in [0.05, 0.1) is 30.4 Å². The molecule has 0 aliphatic carbocycles. The number of methoxy groups -OCH3 is 1. The summed E-state index contributed by atoms with van der Waals surface area (Å²) >= 11 is 0.981. The molecule has 0 unspecified atom stereocenters. The summed E-state index contributed by atoms with van der Waals surface area (Å²) in [5, 5.41) is 0.162. The van der Waals surface area contributed by atoms with Crippen LogP contribution in [0.25, 0.3) is 11.0 Å². The number of thioether (sulfide) groups is 1. The molecule has 2 aromatic heterocycles. The Balaban J connectivity index is 1.86. The molecule has 0 spiro atoms. The summed E-state index contributed by atoms with van der Waals surface area (Å²) in [6.07, 6.45) is 0. The maximum atomic E-state index is 12.9. The minimum Gasteiger partial charge on any atom is -0.465 e. The largest absolute Gasteiger partial charge is 0.465 e. The van der Waals surface area contributed by atoms with Gasteiger partial charge in [0.1, 0.15) is 6.54 Å². The van der Waals surface area contributed by atoms with Crippen molar-refractivity contribution in [2.24, 2.45) is 0 Å². The third-order valence-corrected chi connectivity index (χ3v) is 5.34. The second kappa shape index (κ2) is 10.7. The van der Waals surface area contributed by atoms with E-state index in [1.807, 2.05) is 0 Å². The van der Waals surface area contributed by atoms with Crippen molar-refractivity contribution in [1.29, 1.82) is 0 Å². The number of carbonyl (C=O) groups is 3. The van der Waals surface area contributed by atoms with Gasteiger partial charge in [-0.3, -0.25) is 14.4 Å². The van der Waals surface area contributed by atoms with E-state index in [-0.39, 0.29) is 46.6 Å². The van der Waals surface area contributed by atoms with Gasteiger partial charge < -0.3 is 19.4 Å². The molecule has 0 atom stereocenters. The number of esters is 2. The predicted octanol–water partition coefficient (Wildman–Crippen LogP) is 2.10. The fraction of sp³-hybridized carbons (Fsp3) is 0.273. The number of ether oxygens (including phenoxy) is 2. The Kier molecular flexibility index (Phi) is 7.78. The van der Waals surface area contributed by atoms with Gasteiger partial charge >= 0.3 is 11.9 Å². The molecule has 0 aliphatic heterocycles. The predicted molar refractivity (Wildman–Crippen MR) is 122 cm³/mol. The number of anilines is 1. The molecule has 0 bridgehead atoms. The average Bonchev–Trinajstić information content (AvgIpc) is 2.80. The van der Waals surface area contributed by atoms with Crippen molar-refractivity contribution in [2.75, 3.05) is 30.9 Å². The van der Waals surface area contributed by atoms with Crippen molar-refractivity contribution in [1.82, 2.24) is 15.0 Å². The highest BCUT2D eigenvalue weighted by atomic mass is 32.2. The van der Waals surface area contributed by atoms with E-state index in [1.165, 1.54) is 18.1 Å². The highest BCUT2D eigenvalue weighted by molar-refractivity contribution is 7.99. The molecule has 0 aliphatic rings. The lowest BCUT2D eigenvalue weighted by molar-refractivity contribution is -0.142. The smallest absolute Gasteiger partial charge is 0.338 e. The summed E-state index contributed by atoms with van der Waals surface area (Å²) in [6.45, 7) is 3.30. The molecule has 2 heterocycles. The first-order valence-electron chi connectivity index (χ1n) is 9.97. The van der Waals surface area contributed by atoms with E-state index in [4.69, 9.17) is 9.47 Å². The lowest BCUT2D eigenvalue weighted by atomic mass is 10.1. The SMILES string of the molecule is CCOC(=O)CN(C(=O)CSc1nc2nc(C)cc(C(=O)OC)c2c(=O)[nH]1)c1ccccc1. The van der Waals surface area contributed by atoms with Crippen molar-refractivity contribution in [3.63, 3.8) is 0 Å². The zero-order valence-corrected chi connectivity index (χ0v) is 19.1. The lowest BCUT2D eigenvalue weighted by Gasteiger charge is -2.21. The van der Waals surface area contributed by atoms with Crippen LogP contribution in [0.2, 0.25) is 0 Å². The number of amides is 1. The summed E-state index contributed by atoms with van der Waals surface area (Å²) in [6, 6.07) is 10.2. The van der Waals surface area contributed by atoms with E-state index in [0.717, 1.165) is 11.8 Å². The minimum atomic E-state index is -0.675. The number of hydrogen-bond acceptors (Lipinski definition) is 9. The number of aromatic amines is 1. The van der Waals surface area contributed by atoms with Crippen LogP contribution in [0.1, 0.15) is 23.0 Å². The number of nitrogens with one attached hydrogen (secondary N) is 1. The van der Waals surface area contributed by atoms with Gasteiger partial charge in [-0.05, 0) is 32.0 Å². The molecule has 0 saturated heterocycles. The Hall–Kier alpha value is -3.73. The molecule has 1 aromatic carbocycles. The molecule has 33 heavy (non-hydrogen) atoms. The first-order chi connectivity index (χ1) is 15.8.